The SMILES string of the molecule is NC(=O)Nc1ccc(C=CCBr)cc1. The Morgan fingerprint density at radius 1 is 1.43 bits per heavy atom. The molecular weight excluding hydrogens is 244 g/mol. The van der Waals surface area contributed by atoms with Gasteiger partial charge in [0.2, 0.25) is 0 Å². The van der Waals surface area contributed by atoms with Crippen LogP contribution in [0.4, 0.5) is 10.5 Å². The number of amides is 2. The number of carbonyl (C=O) groups is 1. The summed E-state index contributed by atoms with van der Waals surface area (Å²) in [6.45, 7) is 0. The third-order valence-corrected chi connectivity index (χ3v) is 1.95. The quantitative estimate of drug-likeness (QED) is 0.801. The molecule has 0 aliphatic heterocycles. The number of carbonyl (C=O) groups excluding carboxylic acids is 1. The lowest BCUT2D eigenvalue weighted by Crippen LogP contribution is -2.19. The average Bonchev–Trinajstić information content (AvgIpc) is 2.16. The number of nitrogens with one attached hydrogen (secondary N) is 1. The fraction of sp³-hybridized carbons (Fsp3) is 0.100. The monoisotopic (exact) mass is 254 g/mol. The highest BCUT2D eigenvalue weighted by molar-refractivity contribution is 9.09. The van der Waals surface area contributed by atoms with Crippen LogP contribution in [0.15, 0.2) is 30.3 Å². The van der Waals surface area contributed by atoms with Crippen LogP contribution in [0.1, 0.15) is 5.56 Å². The van der Waals surface area contributed by atoms with Crippen molar-refractivity contribution in [1.82, 2.24) is 0 Å². The van der Waals surface area contributed by atoms with Crippen LogP contribution in [0.3, 0.4) is 0 Å². The van der Waals surface area contributed by atoms with Gasteiger partial charge in [0.25, 0.3) is 0 Å². The minimum atomic E-state index is -0.547. The van der Waals surface area contributed by atoms with Gasteiger partial charge in [0.1, 0.15) is 0 Å². The Bertz CT molecular complexity index is 332. The predicted octanol–water partition coefficient (Wildman–Crippen LogP) is 2.59. The maximum Gasteiger partial charge on any atom is 0.316 e. The van der Waals surface area contributed by atoms with Gasteiger partial charge in [-0.25, -0.2) is 4.79 Å². The summed E-state index contributed by atoms with van der Waals surface area (Å²) in [5, 5.41) is 3.32. The van der Waals surface area contributed by atoms with E-state index >= 15 is 0 Å². The smallest absolute Gasteiger partial charge is 0.316 e. The summed E-state index contributed by atoms with van der Waals surface area (Å²) in [6.07, 6.45) is 3.99. The van der Waals surface area contributed by atoms with Crippen LogP contribution in [-0.4, -0.2) is 11.4 Å². The zero-order chi connectivity index (χ0) is 10.4. The number of alkyl halides is 1. The molecule has 0 bridgehead atoms. The molecule has 4 heteroatoms. The zero-order valence-corrected chi connectivity index (χ0v) is 9.12. The molecule has 0 radical (unpaired) electrons. The van der Waals surface area contributed by atoms with Crippen LogP contribution >= 0.6 is 15.9 Å². The van der Waals surface area contributed by atoms with E-state index in [0.717, 1.165) is 10.9 Å². The van der Waals surface area contributed by atoms with Crippen molar-refractivity contribution in [3.8, 4) is 0 Å². The van der Waals surface area contributed by atoms with Gasteiger partial charge in [-0.3, -0.25) is 0 Å². The van der Waals surface area contributed by atoms with Crippen molar-refractivity contribution in [1.29, 1.82) is 0 Å². The van der Waals surface area contributed by atoms with Gasteiger partial charge in [0, 0.05) is 11.0 Å². The number of allylic oxidation sites excluding steroid dienone is 1. The first kappa shape index (κ1) is 10.8. The van der Waals surface area contributed by atoms with E-state index in [1.807, 2.05) is 24.3 Å². The first-order chi connectivity index (χ1) is 6.72. The lowest BCUT2D eigenvalue weighted by Gasteiger charge is -2.00. The van der Waals surface area contributed by atoms with Gasteiger partial charge in [0.15, 0.2) is 0 Å². The minimum absolute atomic E-state index is 0.547. The molecule has 1 aromatic carbocycles. The molecule has 3 nitrogen and oxygen atoms in total. The fourth-order valence-corrected chi connectivity index (χ4v) is 1.19. The standard InChI is InChI=1S/C10H11BrN2O/c11-7-1-2-8-3-5-9(6-4-8)13-10(12)14/h1-6H,7H2,(H3,12,13,14). The van der Waals surface area contributed by atoms with Crippen molar-refractivity contribution < 1.29 is 4.79 Å². The third-order valence-electron chi connectivity index (χ3n) is 1.58. The van der Waals surface area contributed by atoms with Crippen LogP contribution in [0.5, 0.6) is 0 Å². The third kappa shape index (κ3) is 3.62. The van der Waals surface area contributed by atoms with E-state index in [9.17, 15) is 4.79 Å². The molecule has 0 saturated carbocycles. The van der Waals surface area contributed by atoms with Crippen molar-refractivity contribution >= 4 is 33.7 Å². The zero-order valence-electron chi connectivity index (χ0n) is 7.53. The summed E-state index contributed by atoms with van der Waals surface area (Å²) in [7, 11) is 0. The number of hydrogen-bond donors (Lipinski definition) is 2. The molecule has 0 fully saturated rings. The van der Waals surface area contributed by atoms with Crippen molar-refractivity contribution in [2.24, 2.45) is 5.73 Å². The Morgan fingerprint density at radius 3 is 2.57 bits per heavy atom. The number of nitrogens with two attached hydrogens (primary N) is 1. The van der Waals surface area contributed by atoms with Gasteiger partial charge in [-0.1, -0.05) is 40.2 Å². The minimum Gasteiger partial charge on any atom is -0.351 e. The number of anilines is 1. The molecule has 0 saturated heterocycles. The van der Waals surface area contributed by atoms with E-state index in [1.165, 1.54) is 0 Å². The average molecular weight is 255 g/mol. The molecule has 0 aliphatic carbocycles. The number of rotatable bonds is 3. The summed E-state index contributed by atoms with van der Waals surface area (Å²) in [5.74, 6) is 0. The summed E-state index contributed by atoms with van der Waals surface area (Å²) < 4.78 is 0. The van der Waals surface area contributed by atoms with E-state index in [4.69, 9.17) is 5.73 Å². The lowest BCUT2D eigenvalue weighted by atomic mass is 10.2. The highest BCUT2D eigenvalue weighted by Gasteiger charge is 1.94. The second-order valence-corrected chi connectivity index (χ2v) is 3.32. The molecule has 0 atom stereocenters. The molecule has 2 amide bonds. The van der Waals surface area contributed by atoms with Gasteiger partial charge < -0.3 is 11.1 Å². The van der Waals surface area contributed by atoms with E-state index in [0.29, 0.717) is 5.69 Å². The molecule has 74 valence electrons. The molecular formula is C10H11BrN2O. The fourth-order valence-electron chi connectivity index (χ4n) is 1.00. The van der Waals surface area contributed by atoms with Gasteiger partial charge in [-0.05, 0) is 17.7 Å². The first-order valence-electron chi connectivity index (χ1n) is 4.11. The van der Waals surface area contributed by atoms with E-state index in [-0.39, 0.29) is 0 Å². The van der Waals surface area contributed by atoms with Crippen molar-refractivity contribution in [3.05, 3.63) is 35.9 Å². The van der Waals surface area contributed by atoms with E-state index in [2.05, 4.69) is 21.2 Å². The maximum absolute atomic E-state index is 10.5. The Kier molecular flexibility index (Phi) is 4.19. The van der Waals surface area contributed by atoms with Crippen molar-refractivity contribution in [2.45, 2.75) is 0 Å². The molecule has 0 unspecified atom stereocenters. The van der Waals surface area contributed by atoms with Crippen LogP contribution in [0.2, 0.25) is 0 Å². The summed E-state index contributed by atoms with van der Waals surface area (Å²) in [5.41, 5.74) is 6.76. The second-order valence-electron chi connectivity index (χ2n) is 2.67. The van der Waals surface area contributed by atoms with Gasteiger partial charge >= 0.3 is 6.03 Å². The van der Waals surface area contributed by atoms with E-state index in [1.54, 1.807) is 12.1 Å². The molecule has 3 N–H and O–H groups in total. The Balaban J connectivity index is 2.68. The number of urea groups is 1. The summed E-state index contributed by atoms with van der Waals surface area (Å²) in [4.78, 5) is 10.5. The first-order valence-corrected chi connectivity index (χ1v) is 5.23. The maximum atomic E-state index is 10.5. The summed E-state index contributed by atoms with van der Waals surface area (Å²) in [6, 6.07) is 6.88. The topological polar surface area (TPSA) is 55.1 Å². The van der Waals surface area contributed by atoms with Gasteiger partial charge in [-0.15, -0.1) is 0 Å². The van der Waals surface area contributed by atoms with Crippen LogP contribution in [0.25, 0.3) is 6.08 Å². The van der Waals surface area contributed by atoms with Gasteiger partial charge in [0.05, 0.1) is 0 Å². The Labute approximate surface area is 91.1 Å². The highest BCUT2D eigenvalue weighted by atomic mass is 79.9. The Morgan fingerprint density at radius 2 is 2.07 bits per heavy atom. The van der Waals surface area contributed by atoms with Crippen LogP contribution in [0, 0.1) is 0 Å². The Hall–Kier alpha value is -1.29. The largest absolute Gasteiger partial charge is 0.351 e. The van der Waals surface area contributed by atoms with E-state index < -0.39 is 6.03 Å². The molecule has 0 heterocycles. The molecule has 0 aromatic heterocycles. The van der Waals surface area contributed by atoms with Crippen LogP contribution < -0.4 is 11.1 Å². The number of halogens is 1. The molecule has 0 spiro atoms. The second kappa shape index (κ2) is 5.44. The number of primary amides is 1. The number of benzene rings is 1. The molecule has 0 aliphatic rings. The highest BCUT2D eigenvalue weighted by Crippen LogP contribution is 2.10. The molecule has 1 aromatic rings. The molecule has 1 rings (SSSR count). The molecule has 14 heavy (non-hydrogen) atoms. The van der Waals surface area contributed by atoms with Gasteiger partial charge in [-0.2, -0.15) is 0 Å². The summed E-state index contributed by atoms with van der Waals surface area (Å²) >= 11 is 3.29. The lowest BCUT2D eigenvalue weighted by molar-refractivity contribution is 0.259. The number of hydrogen-bond acceptors (Lipinski definition) is 1. The van der Waals surface area contributed by atoms with Crippen LogP contribution in [-0.2, 0) is 0 Å². The normalized spacial score (nSPS) is 10.4. The predicted molar refractivity (Wildman–Crippen MR) is 62.5 cm³/mol. The van der Waals surface area contributed by atoms with Crippen molar-refractivity contribution in [3.63, 3.8) is 0 Å². The van der Waals surface area contributed by atoms with Crippen molar-refractivity contribution in [2.75, 3.05) is 10.6 Å².